The van der Waals surface area contributed by atoms with E-state index in [1.807, 2.05) is 31.2 Å². The molecule has 2 amide bonds. The number of amides is 2. The van der Waals surface area contributed by atoms with Crippen molar-refractivity contribution in [3.63, 3.8) is 0 Å². The zero-order valence-corrected chi connectivity index (χ0v) is 19.5. The number of carbonyl (C=O) groups is 3. The molecule has 0 spiro atoms. The smallest absolute Gasteiger partial charge is 0.407 e. The molecule has 0 saturated heterocycles. The van der Waals surface area contributed by atoms with Crippen molar-refractivity contribution in [2.75, 3.05) is 13.2 Å². The Morgan fingerprint density at radius 1 is 1.06 bits per heavy atom. The third kappa shape index (κ3) is 5.08. The molecule has 7 heteroatoms. The number of fused-ring (bicyclic) bond motifs is 3. The van der Waals surface area contributed by atoms with Crippen molar-refractivity contribution in [1.82, 2.24) is 10.6 Å². The van der Waals surface area contributed by atoms with Gasteiger partial charge in [0.2, 0.25) is 5.91 Å². The summed E-state index contributed by atoms with van der Waals surface area (Å²) in [6.07, 6.45) is 3.16. The summed E-state index contributed by atoms with van der Waals surface area (Å²) in [7, 11) is 0. The second-order valence-corrected chi connectivity index (χ2v) is 9.45. The zero-order valence-electron chi connectivity index (χ0n) is 19.5. The summed E-state index contributed by atoms with van der Waals surface area (Å²) in [5, 5.41) is 14.8. The number of rotatable bonds is 10. The Morgan fingerprint density at radius 3 is 2.21 bits per heavy atom. The lowest BCUT2D eigenvalue weighted by molar-refractivity contribution is -0.142. The summed E-state index contributed by atoms with van der Waals surface area (Å²) < 4.78 is 5.59. The zero-order chi connectivity index (χ0) is 24.1. The van der Waals surface area contributed by atoms with E-state index in [9.17, 15) is 19.5 Å². The fourth-order valence-electron chi connectivity index (χ4n) is 5.15. The molecule has 1 saturated carbocycles. The summed E-state index contributed by atoms with van der Waals surface area (Å²) in [5.41, 5.74) is 4.19. The number of carboxylic acids is 1. The SMILES string of the molecule is CCC[C@@H](NC(=O)OCC1c2ccccc2-c2ccccc21)C(=O)NCC1(CC(=O)O)CCC1. The molecule has 180 valence electrons. The molecule has 0 aromatic heterocycles. The molecule has 0 unspecified atom stereocenters. The standard InChI is InChI=1S/C27H32N2O5/c1-2-8-23(25(32)28-17-27(13-7-14-27)15-24(30)31)29-26(33)34-16-22-20-11-5-3-9-18(20)19-10-4-6-12-21(19)22/h3-6,9-12,22-23H,2,7-8,13-17H2,1H3,(H,28,32)(H,29,33)(H,30,31)/t23-/m1/s1. The van der Waals surface area contributed by atoms with Crippen molar-refractivity contribution in [2.24, 2.45) is 5.41 Å². The molecule has 0 radical (unpaired) electrons. The number of hydrogen-bond donors (Lipinski definition) is 3. The van der Waals surface area contributed by atoms with Gasteiger partial charge in [0.1, 0.15) is 12.6 Å². The van der Waals surface area contributed by atoms with Crippen LogP contribution in [0.3, 0.4) is 0 Å². The molecule has 2 aromatic carbocycles. The summed E-state index contributed by atoms with van der Waals surface area (Å²) in [5.74, 6) is -1.20. The molecule has 2 aliphatic carbocycles. The van der Waals surface area contributed by atoms with Crippen LogP contribution in [0.2, 0.25) is 0 Å². The van der Waals surface area contributed by atoms with Gasteiger partial charge in [-0.1, -0.05) is 68.3 Å². The fourth-order valence-corrected chi connectivity index (χ4v) is 5.15. The molecular formula is C27H32N2O5. The quantitative estimate of drug-likeness (QED) is 0.482. The lowest BCUT2D eigenvalue weighted by Crippen LogP contribution is -2.51. The highest BCUT2D eigenvalue weighted by molar-refractivity contribution is 5.86. The van der Waals surface area contributed by atoms with E-state index in [2.05, 4.69) is 34.9 Å². The number of nitrogens with one attached hydrogen (secondary N) is 2. The minimum absolute atomic E-state index is 0.0472. The van der Waals surface area contributed by atoms with E-state index in [0.29, 0.717) is 19.4 Å². The summed E-state index contributed by atoms with van der Waals surface area (Å²) >= 11 is 0. The Kier molecular flexibility index (Phi) is 7.20. The second kappa shape index (κ2) is 10.3. The van der Waals surface area contributed by atoms with Gasteiger partial charge >= 0.3 is 12.1 Å². The predicted octanol–water partition coefficient (Wildman–Crippen LogP) is 4.46. The van der Waals surface area contributed by atoms with Gasteiger partial charge in [0.25, 0.3) is 0 Å². The number of carboxylic acid groups (broad SMARTS) is 1. The van der Waals surface area contributed by atoms with Crippen LogP contribution in [-0.2, 0) is 14.3 Å². The van der Waals surface area contributed by atoms with Gasteiger partial charge < -0.3 is 20.5 Å². The minimum Gasteiger partial charge on any atom is -0.481 e. The number of benzene rings is 2. The molecule has 2 aliphatic rings. The van der Waals surface area contributed by atoms with E-state index in [-0.39, 0.29) is 30.3 Å². The molecule has 0 bridgehead atoms. The van der Waals surface area contributed by atoms with E-state index in [1.165, 1.54) is 0 Å². The first kappa shape index (κ1) is 23.8. The van der Waals surface area contributed by atoms with Crippen LogP contribution >= 0.6 is 0 Å². The first-order chi connectivity index (χ1) is 16.4. The molecule has 34 heavy (non-hydrogen) atoms. The third-order valence-corrected chi connectivity index (χ3v) is 7.11. The van der Waals surface area contributed by atoms with Crippen molar-refractivity contribution < 1.29 is 24.2 Å². The average molecular weight is 465 g/mol. The predicted molar refractivity (Wildman–Crippen MR) is 128 cm³/mol. The van der Waals surface area contributed by atoms with Gasteiger partial charge in [0.05, 0.1) is 6.42 Å². The molecule has 2 aromatic rings. The van der Waals surface area contributed by atoms with Crippen LogP contribution in [0.1, 0.15) is 62.5 Å². The van der Waals surface area contributed by atoms with Crippen molar-refractivity contribution in [2.45, 2.75) is 57.4 Å². The maximum atomic E-state index is 12.8. The molecule has 0 aliphatic heterocycles. The number of hydrogen-bond acceptors (Lipinski definition) is 4. The van der Waals surface area contributed by atoms with Gasteiger partial charge in [0, 0.05) is 12.5 Å². The van der Waals surface area contributed by atoms with Crippen LogP contribution in [0.15, 0.2) is 48.5 Å². The van der Waals surface area contributed by atoms with Crippen molar-refractivity contribution >= 4 is 18.0 Å². The van der Waals surface area contributed by atoms with Crippen LogP contribution in [0.5, 0.6) is 0 Å². The lowest BCUT2D eigenvalue weighted by atomic mass is 9.66. The maximum Gasteiger partial charge on any atom is 0.407 e. The van der Waals surface area contributed by atoms with E-state index in [4.69, 9.17) is 4.74 Å². The Bertz CT molecular complexity index is 1020. The Hall–Kier alpha value is -3.35. The Balaban J connectivity index is 1.34. The van der Waals surface area contributed by atoms with Crippen LogP contribution in [-0.4, -0.2) is 42.3 Å². The topological polar surface area (TPSA) is 105 Å². The highest BCUT2D eigenvalue weighted by Crippen LogP contribution is 2.45. The molecule has 1 atom stereocenters. The molecule has 1 fully saturated rings. The van der Waals surface area contributed by atoms with Crippen LogP contribution in [0.25, 0.3) is 11.1 Å². The summed E-state index contributed by atoms with van der Waals surface area (Å²) in [6, 6.07) is 15.5. The maximum absolute atomic E-state index is 12.8. The first-order valence-electron chi connectivity index (χ1n) is 12.0. The average Bonchev–Trinajstić information content (AvgIpc) is 3.12. The monoisotopic (exact) mass is 464 g/mol. The van der Waals surface area contributed by atoms with Crippen LogP contribution < -0.4 is 10.6 Å². The van der Waals surface area contributed by atoms with Gasteiger partial charge in [-0.2, -0.15) is 0 Å². The van der Waals surface area contributed by atoms with Gasteiger partial charge in [-0.3, -0.25) is 9.59 Å². The lowest BCUT2D eigenvalue weighted by Gasteiger charge is -2.41. The first-order valence-corrected chi connectivity index (χ1v) is 12.0. The van der Waals surface area contributed by atoms with Crippen LogP contribution in [0, 0.1) is 5.41 Å². The Morgan fingerprint density at radius 2 is 1.68 bits per heavy atom. The number of ether oxygens (including phenoxy) is 1. The van der Waals surface area contributed by atoms with Crippen molar-refractivity contribution in [1.29, 1.82) is 0 Å². The molecule has 0 heterocycles. The normalized spacial score (nSPS) is 16.5. The van der Waals surface area contributed by atoms with Gasteiger partial charge in [-0.15, -0.1) is 0 Å². The highest BCUT2D eigenvalue weighted by Gasteiger charge is 2.39. The summed E-state index contributed by atoms with van der Waals surface area (Å²) in [6.45, 7) is 2.43. The second-order valence-electron chi connectivity index (χ2n) is 9.45. The molecule has 3 N–H and O–H groups in total. The number of carbonyl (C=O) groups excluding carboxylic acids is 2. The highest BCUT2D eigenvalue weighted by atomic mass is 16.5. The Labute approximate surface area is 199 Å². The largest absolute Gasteiger partial charge is 0.481 e. The third-order valence-electron chi connectivity index (χ3n) is 7.11. The van der Waals surface area contributed by atoms with E-state index < -0.39 is 18.1 Å². The fraction of sp³-hybridized carbons (Fsp3) is 0.444. The van der Waals surface area contributed by atoms with Crippen molar-refractivity contribution in [3.8, 4) is 11.1 Å². The van der Waals surface area contributed by atoms with E-state index in [1.54, 1.807) is 0 Å². The van der Waals surface area contributed by atoms with Crippen molar-refractivity contribution in [3.05, 3.63) is 59.7 Å². The van der Waals surface area contributed by atoms with E-state index in [0.717, 1.165) is 41.5 Å². The van der Waals surface area contributed by atoms with E-state index >= 15 is 0 Å². The van der Waals surface area contributed by atoms with Gasteiger partial charge in [-0.05, 0) is 46.9 Å². The number of alkyl carbamates (subject to hydrolysis) is 1. The molecule has 7 nitrogen and oxygen atoms in total. The van der Waals surface area contributed by atoms with Gasteiger partial charge in [0.15, 0.2) is 0 Å². The van der Waals surface area contributed by atoms with Gasteiger partial charge in [-0.25, -0.2) is 4.79 Å². The summed E-state index contributed by atoms with van der Waals surface area (Å²) in [4.78, 5) is 36.6. The molecule has 4 rings (SSSR count). The van der Waals surface area contributed by atoms with Crippen LogP contribution in [0.4, 0.5) is 4.79 Å². The number of aliphatic carboxylic acids is 1. The minimum atomic E-state index is -0.851. The molecular weight excluding hydrogens is 432 g/mol.